The molecule has 0 radical (unpaired) electrons. The first-order chi connectivity index (χ1) is 9.77. The van der Waals surface area contributed by atoms with E-state index in [1.165, 1.54) is 0 Å². The number of nitrogens with one attached hydrogen (secondary N) is 2. The van der Waals surface area contributed by atoms with Gasteiger partial charge in [-0.1, -0.05) is 38.0 Å². The summed E-state index contributed by atoms with van der Waals surface area (Å²) in [6.07, 6.45) is 0.254. The molecule has 0 aromatic rings. The topological polar surface area (TPSA) is 116 Å². The first kappa shape index (κ1) is 19.3. The molecule has 0 aromatic carbocycles. The quantitative estimate of drug-likeness (QED) is 0.176. The van der Waals surface area contributed by atoms with Crippen molar-refractivity contribution in [1.29, 1.82) is 0 Å². The van der Waals surface area contributed by atoms with Crippen molar-refractivity contribution in [2.75, 3.05) is 13.2 Å². The van der Waals surface area contributed by atoms with Crippen LogP contribution in [0.2, 0.25) is 0 Å². The van der Waals surface area contributed by atoms with Crippen molar-refractivity contribution >= 4 is 17.3 Å². The van der Waals surface area contributed by atoms with E-state index in [0.717, 1.165) is 0 Å². The summed E-state index contributed by atoms with van der Waals surface area (Å²) in [5, 5.41) is 26.6. The summed E-state index contributed by atoms with van der Waals surface area (Å²) in [5.41, 5.74) is 3.04. The third-order valence-corrected chi connectivity index (χ3v) is 2.73. The number of hydroxylamine groups is 1. The number of carbonyl (C=O) groups is 1. The zero-order valence-electron chi connectivity index (χ0n) is 13.3. The molecule has 122 valence electrons. The Hall–Kier alpha value is -1.67. The van der Waals surface area contributed by atoms with Crippen molar-refractivity contribution in [1.82, 2.24) is 10.8 Å². The van der Waals surface area contributed by atoms with Crippen LogP contribution in [-0.2, 0) is 9.63 Å². The summed E-state index contributed by atoms with van der Waals surface area (Å²) in [4.78, 5) is 16.5. The van der Waals surface area contributed by atoms with Gasteiger partial charge in [-0.05, 0) is 6.92 Å². The van der Waals surface area contributed by atoms with Gasteiger partial charge in [0.05, 0.1) is 18.4 Å². The zero-order chi connectivity index (χ0) is 16.5. The monoisotopic (exact) mass is 302 g/mol. The predicted octanol–water partition coefficient (Wildman–Crippen LogP) is 1.13. The van der Waals surface area contributed by atoms with Gasteiger partial charge < -0.3 is 15.7 Å². The minimum absolute atomic E-state index is 0.0820. The molecule has 21 heavy (non-hydrogen) atoms. The van der Waals surface area contributed by atoms with E-state index in [0.29, 0.717) is 12.3 Å². The van der Waals surface area contributed by atoms with Crippen LogP contribution in [0.3, 0.4) is 0 Å². The number of rotatable bonds is 8. The SMILES string of the molecule is CCC(=O)C(=NO)NCCONC(C)C(=NO)C(C)(C)C. The fraction of sp³-hybridized carbons (Fsp3) is 0.769. The standard InChI is InChI=1S/C13H26N4O4/c1-6-10(18)12(16-20)14-7-8-21-17-9(2)11(15-19)13(3,4)5/h9,17,19-20H,6-8H2,1-5H3,(H,14,16). The van der Waals surface area contributed by atoms with Crippen LogP contribution in [0.5, 0.6) is 0 Å². The third kappa shape index (κ3) is 7.05. The first-order valence-electron chi connectivity index (χ1n) is 6.86. The van der Waals surface area contributed by atoms with Gasteiger partial charge in [-0.15, -0.1) is 0 Å². The summed E-state index contributed by atoms with van der Waals surface area (Å²) in [5.74, 6) is -0.359. The van der Waals surface area contributed by atoms with E-state index in [1.54, 1.807) is 6.92 Å². The number of nitrogens with zero attached hydrogens (tertiary/aromatic N) is 2. The van der Waals surface area contributed by atoms with Crippen LogP contribution < -0.4 is 10.8 Å². The van der Waals surface area contributed by atoms with Gasteiger partial charge in [-0.2, -0.15) is 5.48 Å². The van der Waals surface area contributed by atoms with Crippen LogP contribution in [0.25, 0.3) is 0 Å². The van der Waals surface area contributed by atoms with Gasteiger partial charge in [-0.25, -0.2) is 0 Å². The largest absolute Gasteiger partial charge is 0.411 e. The maximum atomic E-state index is 11.3. The highest BCUT2D eigenvalue weighted by atomic mass is 16.6. The Morgan fingerprint density at radius 1 is 1.29 bits per heavy atom. The van der Waals surface area contributed by atoms with Gasteiger partial charge in [0.15, 0.2) is 0 Å². The van der Waals surface area contributed by atoms with E-state index in [2.05, 4.69) is 21.1 Å². The molecule has 0 fully saturated rings. The van der Waals surface area contributed by atoms with E-state index in [-0.39, 0.29) is 36.1 Å². The Morgan fingerprint density at radius 3 is 2.33 bits per heavy atom. The van der Waals surface area contributed by atoms with E-state index < -0.39 is 0 Å². The van der Waals surface area contributed by atoms with Crippen molar-refractivity contribution in [2.45, 2.75) is 47.1 Å². The van der Waals surface area contributed by atoms with Gasteiger partial charge >= 0.3 is 0 Å². The van der Waals surface area contributed by atoms with E-state index in [4.69, 9.17) is 15.3 Å². The maximum absolute atomic E-state index is 11.3. The molecule has 0 amide bonds. The van der Waals surface area contributed by atoms with Crippen molar-refractivity contribution in [3.63, 3.8) is 0 Å². The Kier molecular flexibility index (Phi) is 8.56. The Balaban J connectivity index is 4.09. The number of hydrogen-bond acceptors (Lipinski definition) is 7. The Morgan fingerprint density at radius 2 is 1.90 bits per heavy atom. The lowest BCUT2D eigenvalue weighted by molar-refractivity contribution is -0.113. The molecule has 0 spiro atoms. The molecule has 0 saturated heterocycles. The molecule has 1 unspecified atom stereocenters. The molecule has 0 aliphatic heterocycles. The minimum atomic E-state index is -0.285. The average Bonchev–Trinajstić information content (AvgIpc) is 2.41. The number of carbonyl (C=O) groups excluding carboxylic acids is 1. The van der Waals surface area contributed by atoms with E-state index in [9.17, 15) is 4.79 Å². The molecule has 0 saturated carbocycles. The van der Waals surface area contributed by atoms with Crippen molar-refractivity contribution in [3.8, 4) is 0 Å². The molecule has 8 nitrogen and oxygen atoms in total. The molecule has 8 heteroatoms. The Bertz CT molecular complexity index is 388. The molecule has 0 aromatic heterocycles. The fourth-order valence-electron chi connectivity index (χ4n) is 1.70. The molecular formula is C13H26N4O4. The second kappa shape index (κ2) is 9.30. The summed E-state index contributed by atoms with van der Waals surface area (Å²) in [6.45, 7) is 9.83. The summed E-state index contributed by atoms with van der Waals surface area (Å²) < 4.78 is 0. The molecule has 0 aliphatic rings. The Labute approximate surface area is 125 Å². The smallest absolute Gasteiger partial charge is 0.208 e. The van der Waals surface area contributed by atoms with Crippen LogP contribution in [-0.4, -0.2) is 46.9 Å². The molecule has 1 atom stereocenters. The summed E-state index contributed by atoms with van der Waals surface area (Å²) in [7, 11) is 0. The van der Waals surface area contributed by atoms with Gasteiger partial charge in [0.1, 0.15) is 0 Å². The van der Waals surface area contributed by atoms with Crippen LogP contribution >= 0.6 is 0 Å². The zero-order valence-corrected chi connectivity index (χ0v) is 13.3. The predicted molar refractivity (Wildman–Crippen MR) is 79.7 cm³/mol. The average molecular weight is 302 g/mol. The molecular weight excluding hydrogens is 276 g/mol. The highest BCUT2D eigenvalue weighted by Crippen LogP contribution is 2.18. The van der Waals surface area contributed by atoms with Crippen molar-refractivity contribution in [3.05, 3.63) is 0 Å². The number of hydrogen-bond donors (Lipinski definition) is 4. The molecule has 0 rings (SSSR count). The molecule has 0 heterocycles. The van der Waals surface area contributed by atoms with Crippen LogP contribution in [0, 0.1) is 5.41 Å². The van der Waals surface area contributed by atoms with Gasteiger partial charge in [0.2, 0.25) is 11.6 Å². The summed E-state index contributed by atoms with van der Waals surface area (Å²) >= 11 is 0. The number of amidine groups is 1. The second-order valence-corrected chi connectivity index (χ2v) is 5.58. The summed E-state index contributed by atoms with van der Waals surface area (Å²) in [6, 6.07) is -0.266. The lowest BCUT2D eigenvalue weighted by atomic mass is 9.86. The highest BCUT2D eigenvalue weighted by Gasteiger charge is 2.25. The molecule has 0 aliphatic carbocycles. The van der Waals surface area contributed by atoms with E-state index >= 15 is 0 Å². The normalized spacial score (nSPS) is 14.9. The van der Waals surface area contributed by atoms with Gasteiger partial charge in [0.25, 0.3) is 0 Å². The third-order valence-electron chi connectivity index (χ3n) is 2.73. The van der Waals surface area contributed by atoms with Crippen LogP contribution in [0.15, 0.2) is 10.3 Å². The lowest BCUT2D eigenvalue weighted by Gasteiger charge is -2.25. The van der Waals surface area contributed by atoms with E-state index in [1.807, 2.05) is 27.7 Å². The lowest BCUT2D eigenvalue weighted by Crippen LogP contribution is -2.42. The molecule has 4 N–H and O–H groups in total. The first-order valence-corrected chi connectivity index (χ1v) is 6.86. The highest BCUT2D eigenvalue weighted by molar-refractivity contribution is 6.38. The van der Waals surface area contributed by atoms with Crippen LogP contribution in [0.1, 0.15) is 41.0 Å². The molecule has 0 bridgehead atoms. The maximum Gasteiger partial charge on any atom is 0.208 e. The number of Topliss-reactive ketones (excluding diaryl/α,β-unsaturated/α-hetero) is 1. The van der Waals surface area contributed by atoms with Crippen LogP contribution in [0.4, 0.5) is 0 Å². The number of oxime groups is 2. The second-order valence-electron chi connectivity index (χ2n) is 5.58. The van der Waals surface area contributed by atoms with Crippen molar-refractivity contribution < 1.29 is 20.0 Å². The van der Waals surface area contributed by atoms with Gasteiger partial charge in [-0.3, -0.25) is 9.63 Å². The fourth-order valence-corrected chi connectivity index (χ4v) is 1.70. The van der Waals surface area contributed by atoms with Crippen molar-refractivity contribution in [2.24, 2.45) is 15.7 Å². The minimum Gasteiger partial charge on any atom is -0.411 e. The number of ketones is 1. The van der Waals surface area contributed by atoms with Gasteiger partial charge in [0, 0.05) is 18.4 Å².